The number of hydrogen-bond acceptors (Lipinski definition) is 7. The zero-order valence-corrected chi connectivity index (χ0v) is 22.8. The number of anilines is 1. The highest BCUT2D eigenvalue weighted by atomic mass is 16.6. The van der Waals surface area contributed by atoms with Gasteiger partial charge in [0.25, 0.3) is 11.6 Å². The molecule has 3 amide bonds. The summed E-state index contributed by atoms with van der Waals surface area (Å²) < 4.78 is 5.23. The first-order valence-electron chi connectivity index (χ1n) is 13.7. The Morgan fingerprint density at radius 1 is 0.930 bits per heavy atom. The van der Waals surface area contributed by atoms with E-state index in [0.29, 0.717) is 11.3 Å². The zero-order chi connectivity index (χ0) is 29.9. The molecule has 10 nitrogen and oxygen atoms in total. The van der Waals surface area contributed by atoms with Crippen LogP contribution in [0, 0.1) is 22.0 Å². The van der Waals surface area contributed by atoms with Gasteiger partial charge in [-0.2, -0.15) is 5.10 Å². The van der Waals surface area contributed by atoms with Crippen LogP contribution >= 0.6 is 0 Å². The van der Waals surface area contributed by atoms with Crippen LogP contribution in [0.25, 0.3) is 0 Å². The Labute approximate surface area is 245 Å². The maximum atomic E-state index is 14.4. The van der Waals surface area contributed by atoms with Crippen LogP contribution in [0.3, 0.4) is 0 Å². The van der Waals surface area contributed by atoms with E-state index in [1.807, 2.05) is 48.5 Å². The standard InChI is InChI=1S/C33H24N4O6/c1-43-20-10-8-9-19(17-20)30(38)35-34-18-33-23-13-4-2-11-21(23)27(22-12-3-5-14-24(22)33)28-29(33)32(40)36(31(28)39)25-15-6-7-16-26(25)37(41)42/h2-18,27-29H,1H3,(H,35,38)/b34-18-/t27?,28-,29-,33?/m1/s1. The molecule has 4 aromatic rings. The summed E-state index contributed by atoms with van der Waals surface area (Å²) >= 11 is 0. The summed E-state index contributed by atoms with van der Waals surface area (Å²) in [6.45, 7) is 0. The maximum absolute atomic E-state index is 14.4. The summed E-state index contributed by atoms with van der Waals surface area (Å²) in [6.07, 6.45) is 1.55. The van der Waals surface area contributed by atoms with Gasteiger partial charge >= 0.3 is 0 Å². The number of carbonyl (C=O) groups is 3. The molecule has 1 N–H and O–H groups in total. The summed E-state index contributed by atoms with van der Waals surface area (Å²) in [6, 6.07) is 27.6. The molecule has 0 unspecified atom stereocenters. The molecule has 10 heteroatoms. The van der Waals surface area contributed by atoms with Crippen LogP contribution in [0.5, 0.6) is 5.75 Å². The lowest BCUT2D eigenvalue weighted by Gasteiger charge is -2.52. The summed E-state index contributed by atoms with van der Waals surface area (Å²) in [7, 11) is 1.51. The van der Waals surface area contributed by atoms with Gasteiger partial charge in [-0.15, -0.1) is 0 Å². The van der Waals surface area contributed by atoms with E-state index in [1.54, 1.807) is 36.5 Å². The van der Waals surface area contributed by atoms with Crippen molar-refractivity contribution in [1.82, 2.24) is 5.43 Å². The van der Waals surface area contributed by atoms with Crippen molar-refractivity contribution in [2.45, 2.75) is 11.3 Å². The highest BCUT2D eigenvalue weighted by Crippen LogP contribution is 2.63. The Hall–Kier alpha value is -5.64. The molecule has 2 atom stereocenters. The monoisotopic (exact) mass is 572 g/mol. The predicted molar refractivity (Wildman–Crippen MR) is 157 cm³/mol. The van der Waals surface area contributed by atoms with E-state index in [1.165, 1.54) is 25.3 Å². The summed E-state index contributed by atoms with van der Waals surface area (Å²) in [5, 5.41) is 16.3. The first kappa shape index (κ1) is 26.3. The van der Waals surface area contributed by atoms with Crippen molar-refractivity contribution in [3.8, 4) is 5.75 Å². The van der Waals surface area contributed by atoms with Gasteiger partial charge in [-0.3, -0.25) is 24.5 Å². The minimum atomic E-state index is -1.24. The normalized spacial score (nSPS) is 23.1. The van der Waals surface area contributed by atoms with Gasteiger partial charge in [-0.25, -0.2) is 10.3 Å². The Balaban J connectivity index is 1.40. The van der Waals surface area contributed by atoms with Crippen LogP contribution in [-0.4, -0.2) is 36.0 Å². The van der Waals surface area contributed by atoms with Crippen molar-refractivity contribution in [2.75, 3.05) is 12.0 Å². The first-order valence-corrected chi connectivity index (χ1v) is 13.7. The van der Waals surface area contributed by atoms with Gasteiger partial charge in [0, 0.05) is 23.8 Å². The van der Waals surface area contributed by atoms with E-state index in [0.717, 1.165) is 27.2 Å². The molecule has 0 aromatic heterocycles. The molecule has 0 saturated carbocycles. The lowest BCUT2D eigenvalue weighted by atomic mass is 9.47. The first-order chi connectivity index (χ1) is 20.9. The Morgan fingerprint density at radius 3 is 2.26 bits per heavy atom. The van der Waals surface area contributed by atoms with Gasteiger partial charge in [0.1, 0.15) is 11.4 Å². The van der Waals surface area contributed by atoms with E-state index >= 15 is 0 Å². The largest absolute Gasteiger partial charge is 0.497 e. The number of imide groups is 1. The van der Waals surface area contributed by atoms with Crippen molar-refractivity contribution in [1.29, 1.82) is 0 Å². The van der Waals surface area contributed by atoms with Crippen LogP contribution in [0.2, 0.25) is 0 Å². The average molecular weight is 573 g/mol. The number of ether oxygens (including phenoxy) is 1. The molecule has 1 saturated heterocycles. The molecular weight excluding hydrogens is 548 g/mol. The molecule has 0 spiro atoms. The van der Waals surface area contributed by atoms with E-state index in [9.17, 15) is 24.5 Å². The number of nitrogens with zero attached hydrogens (tertiary/aromatic N) is 3. The Kier molecular flexibility index (Phi) is 5.94. The minimum absolute atomic E-state index is 0.0668. The van der Waals surface area contributed by atoms with Crippen LogP contribution in [-0.2, 0) is 15.0 Å². The van der Waals surface area contributed by atoms with Gasteiger partial charge in [-0.1, -0.05) is 66.7 Å². The van der Waals surface area contributed by atoms with Crippen molar-refractivity contribution < 1.29 is 24.0 Å². The van der Waals surface area contributed by atoms with E-state index in [4.69, 9.17) is 4.74 Å². The van der Waals surface area contributed by atoms with E-state index in [2.05, 4.69) is 10.5 Å². The molecule has 0 radical (unpaired) electrons. The van der Waals surface area contributed by atoms with Crippen molar-refractivity contribution in [2.24, 2.45) is 16.9 Å². The third-order valence-corrected chi connectivity index (χ3v) is 8.77. The number of nitro groups is 1. The third kappa shape index (κ3) is 3.66. The molecule has 2 bridgehead atoms. The fourth-order valence-electron chi connectivity index (χ4n) is 7.12. The van der Waals surface area contributed by atoms with Crippen LogP contribution in [0.15, 0.2) is 102 Å². The third-order valence-electron chi connectivity index (χ3n) is 8.77. The fraction of sp³-hybridized carbons (Fsp3) is 0.152. The highest BCUT2D eigenvalue weighted by Gasteiger charge is 2.68. The predicted octanol–water partition coefficient (Wildman–Crippen LogP) is 4.57. The van der Waals surface area contributed by atoms with E-state index < -0.39 is 45.8 Å². The lowest BCUT2D eigenvalue weighted by Crippen LogP contribution is -2.54. The van der Waals surface area contributed by atoms with Gasteiger partial charge in [0.2, 0.25) is 11.8 Å². The molecule has 1 fully saturated rings. The van der Waals surface area contributed by atoms with Crippen molar-refractivity contribution in [3.05, 3.63) is 135 Å². The number of amides is 3. The van der Waals surface area contributed by atoms with E-state index in [-0.39, 0.29) is 11.4 Å². The summed E-state index contributed by atoms with van der Waals surface area (Å²) in [5.41, 5.74) is 4.61. The summed E-state index contributed by atoms with van der Waals surface area (Å²) in [5.74, 6) is -3.26. The number of rotatable bonds is 6. The molecule has 1 aliphatic heterocycles. The molecule has 212 valence electrons. The number of carbonyl (C=O) groups excluding carboxylic acids is 3. The van der Waals surface area contributed by atoms with Gasteiger partial charge < -0.3 is 4.74 Å². The van der Waals surface area contributed by atoms with Crippen molar-refractivity contribution in [3.63, 3.8) is 0 Å². The number of para-hydroxylation sites is 2. The minimum Gasteiger partial charge on any atom is -0.497 e. The second kappa shape index (κ2) is 9.73. The van der Waals surface area contributed by atoms with Crippen LogP contribution in [0.1, 0.15) is 38.5 Å². The quantitative estimate of drug-likeness (QED) is 0.156. The van der Waals surface area contributed by atoms with Gasteiger partial charge in [-0.05, 0) is 46.5 Å². The SMILES string of the molecule is COc1cccc(C(=O)N/N=C\C23c4ccccc4C(c4ccccc42)[C@H]2C(=O)N(c4ccccc4[N+](=O)[O-])C(=O)[C@@H]23)c1. The molecule has 4 aliphatic rings. The lowest BCUT2D eigenvalue weighted by molar-refractivity contribution is -0.384. The molecule has 1 heterocycles. The van der Waals surface area contributed by atoms with Crippen molar-refractivity contribution >= 4 is 35.3 Å². The molecule has 3 aliphatic carbocycles. The zero-order valence-electron chi connectivity index (χ0n) is 22.8. The Morgan fingerprint density at radius 2 is 1.58 bits per heavy atom. The second-order valence-corrected chi connectivity index (χ2v) is 10.7. The Bertz CT molecular complexity index is 1840. The molecule has 4 aromatic carbocycles. The van der Waals surface area contributed by atoms with Gasteiger partial charge in [0.05, 0.1) is 29.3 Å². The molecular formula is C33H24N4O6. The topological polar surface area (TPSA) is 131 Å². The summed E-state index contributed by atoms with van der Waals surface area (Å²) in [4.78, 5) is 54.1. The molecule has 8 rings (SSSR count). The highest BCUT2D eigenvalue weighted by molar-refractivity contribution is 6.25. The molecule has 43 heavy (non-hydrogen) atoms. The number of nitro benzene ring substituents is 1. The number of hydrazone groups is 1. The van der Waals surface area contributed by atoms with Crippen LogP contribution < -0.4 is 15.1 Å². The fourth-order valence-corrected chi connectivity index (χ4v) is 7.12. The second-order valence-electron chi connectivity index (χ2n) is 10.7. The van der Waals surface area contributed by atoms with Crippen LogP contribution in [0.4, 0.5) is 11.4 Å². The number of nitrogens with one attached hydrogen (secondary N) is 1. The number of benzene rings is 4. The number of hydrogen-bond donors (Lipinski definition) is 1. The average Bonchev–Trinajstić information content (AvgIpc) is 3.31. The smallest absolute Gasteiger partial charge is 0.293 e. The van der Waals surface area contributed by atoms with Gasteiger partial charge in [0.15, 0.2) is 0 Å². The maximum Gasteiger partial charge on any atom is 0.293 e. The number of methoxy groups -OCH3 is 1.